The topological polar surface area (TPSA) is 82.9 Å². The van der Waals surface area contributed by atoms with Crippen LogP contribution in [0.2, 0.25) is 0 Å². The van der Waals surface area contributed by atoms with E-state index < -0.39 is 5.60 Å². The number of anilines is 1. The highest BCUT2D eigenvalue weighted by Gasteiger charge is 2.34. The first-order chi connectivity index (χ1) is 16.4. The largest absolute Gasteiger partial charge is 0.497 e. The van der Waals surface area contributed by atoms with Crippen molar-refractivity contribution >= 4 is 11.3 Å². The highest BCUT2D eigenvalue weighted by Crippen LogP contribution is 2.36. The van der Waals surface area contributed by atoms with Crippen LogP contribution in [0.3, 0.4) is 0 Å². The number of nitrogens with one attached hydrogen (secondary N) is 1. The van der Waals surface area contributed by atoms with E-state index in [2.05, 4.69) is 10.00 Å². The lowest BCUT2D eigenvalue weighted by Crippen LogP contribution is -2.35. The van der Waals surface area contributed by atoms with Gasteiger partial charge in [0.15, 0.2) is 5.65 Å². The molecule has 1 atom stereocenters. The molecule has 0 aliphatic carbocycles. The molecule has 5 rings (SSSR count). The van der Waals surface area contributed by atoms with E-state index in [1.54, 1.807) is 45.2 Å². The summed E-state index contributed by atoms with van der Waals surface area (Å²) in [4.78, 5) is 21.1. The molecule has 176 valence electrons. The van der Waals surface area contributed by atoms with Gasteiger partial charge in [0.1, 0.15) is 17.0 Å². The number of aromatic nitrogens is 3. The van der Waals surface area contributed by atoms with Crippen LogP contribution in [0.25, 0.3) is 16.9 Å². The number of piperidine rings is 1. The Morgan fingerprint density at radius 3 is 2.35 bits per heavy atom. The smallest absolute Gasteiger partial charge is 0.279 e. The summed E-state index contributed by atoms with van der Waals surface area (Å²) < 4.78 is 6.73. The first-order valence-corrected chi connectivity index (χ1v) is 11.7. The number of nitrogens with zero attached hydrogens (tertiary/aromatic N) is 3. The number of rotatable bonds is 5. The van der Waals surface area contributed by atoms with Crippen LogP contribution in [0, 0.1) is 6.92 Å². The maximum atomic E-state index is 13.9. The predicted molar refractivity (Wildman–Crippen MR) is 134 cm³/mol. The molecule has 7 nitrogen and oxygen atoms in total. The van der Waals surface area contributed by atoms with Crippen molar-refractivity contribution in [1.82, 2.24) is 14.6 Å². The predicted octanol–water partition coefficient (Wildman–Crippen LogP) is 4.25. The molecule has 1 saturated heterocycles. The zero-order valence-electron chi connectivity index (χ0n) is 19.8. The van der Waals surface area contributed by atoms with E-state index >= 15 is 0 Å². The third-order valence-electron chi connectivity index (χ3n) is 6.81. The van der Waals surface area contributed by atoms with E-state index in [4.69, 9.17) is 9.72 Å². The van der Waals surface area contributed by atoms with Gasteiger partial charge in [0, 0.05) is 18.7 Å². The van der Waals surface area contributed by atoms with Gasteiger partial charge in [-0.25, -0.2) is 4.98 Å². The molecule has 1 aliphatic rings. The minimum Gasteiger partial charge on any atom is -0.497 e. The Bertz CT molecular complexity index is 1370. The summed E-state index contributed by atoms with van der Waals surface area (Å²) in [5, 5.41) is 14.9. The molecule has 0 bridgehead atoms. The summed E-state index contributed by atoms with van der Waals surface area (Å²) in [6.45, 7) is 5.28. The van der Waals surface area contributed by atoms with Crippen molar-refractivity contribution < 1.29 is 9.84 Å². The number of methoxy groups -OCH3 is 1. The van der Waals surface area contributed by atoms with Crippen LogP contribution in [0.1, 0.15) is 43.0 Å². The van der Waals surface area contributed by atoms with Gasteiger partial charge in [-0.1, -0.05) is 42.5 Å². The molecule has 0 spiro atoms. The number of fused-ring (bicyclic) bond motifs is 1. The Kier molecular flexibility index (Phi) is 5.65. The van der Waals surface area contributed by atoms with Gasteiger partial charge in [-0.15, -0.1) is 0 Å². The number of hydrogen-bond acceptors (Lipinski definition) is 5. The van der Waals surface area contributed by atoms with Crippen molar-refractivity contribution in [3.05, 3.63) is 81.8 Å². The maximum absolute atomic E-state index is 13.9. The second-order valence-electron chi connectivity index (χ2n) is 9.09. The zero-order valence-corrected chi connectivity index (χ0v) is 19.8. The van der Waals surface area contributed by atoms with Gasteiger partial charge in [0.05, 0.1) is 24.1 Å². The summed E-state index contributed by atoms with van der Waals surface area (Å²) >= 11 is 0. The highest BCUT2D eigenvalue weighted by molar-refractivity contribution is 5.86. The van der Waals surface area contributed by atoms with Crippen molar-refractivity contribution in [3.8, 4) is 17.0 Å². The van der Waals surface area contributed by atoms with Crippen molar-refractivity contribution in [2.24, 2.45) is 0 Å². The van der Waals surface area contributed by atoms with Gasteiger partial charge < -0.3 is 14.7 Å². The molecule has 1 fully saturated rings. The molecule has 2 N–H and O–H groups in total. The molecule has 7 heteroatoms. The average Bonchev–Trinajstić information content (AvgIpc) is 3.24. The number of benzene rings is 2. The normalized spacial score (nSPS) is 15.9. The van der Waals surface area contributed by atoms with Gasteiger partial charge in [-0.3, -0.25) is 9.89 Å². The summed E-state index contributed by atoms with van der Waals surface area (Å²) in [7, 11) is 1.59. The van der Waals surface area contributed by atoms with Crippen LogP contribution < -0.4 is 15.2 Å². The van der Waals surface area contributed by atoms with Crippen LogP contribution in [-0.4, -0.2) is 39.9 Å². The summed E-state index contributed by atoms with van der Waals surface area (Å²) in [5.41, 5.74) is 2.94. The fourth-order valence-electron chi connectivity index (χ4n) is 5.01. The van der Waals surface area contributed by atoms with Crippen molar-refractivity contribution in [1.29, 1.82) is 0 Å². The SMILES string of the molecule is COc1ccc(C(C)(O)c2c(C)nc3c(N4CCCCC4)c(-c4ccccc4)[nH]n3c2=O)cc1. The molecule has 3 heterocycles. The van der Waals surface area contributed by atoms with Crippen molar-refractivity contribution in [3.63, 3.8) is 0 Å². The molecule has 34 heavy (non-hydrogen) atoms. The third kappa shape index (κ3) is 3.66. The van der Waals surface area contributed by atoms with E-state index in [0.29, 0.717) is 22.7 Å². The summed E-state index contributed by atoms with van der Waals surface area (Å²) in [6, 6.07) is 17.1. The highest BCUT2D eigenvalue weighted by atomic mass is 16.5. The minimum atomic E-state index is -1.52. The number of ether oxygens (including phenoxy) is 1. The van der Waals surface area contributed by atoms with E-state index in [1.165, 1.54) is 10.9 Å². The maximum Gasteiger partial charge on any atom is 0.279 e. The number of H-pyrrole nitrogens is 1. The second-order valence-corrected chi connectivity index (χ2v) is 9.09. The fraction of sp³-hybridized carbons (Fsp3) is 0.333. The first-order valence-electron chi connectivity index (χ1n) is 11.7. The van der Waals surface area contributed by atoms with E-state index in [0.717, 1.165) is 42.9 Å². The summed E-state index contributed by atoms with van der Waals surface area (Å²) in [5.74, 6) is 0.685. The molecule has 1 unspecified atom stereocenters. The fourth-order valence-corrected chi connectivity index (χ4v) is 5.01. The van der Waals surface area contributed by atoms with Crippen LogP contribution in [0.15, 0.2) is 59.4 Å². The number of aliphatic hydroxyl groups is 1. The first kappa shape index (κ1) is 22.2. The zero-order chi connectivity index (χ0) is 23.9. The van der Waals surface area contributed by atoms with E-state index in [1.807, 2.05) is 30.3 Å². The van der Waals surface area contributed by atoms with Crippen LogP contribution >= 0.6 is 0 Å². The standard InChI is InChI=1S/C27H30N4O3/c1-18-22(27(2,33)20-12-14-21(34-3)15-13-20)26(32)31-25(28-18)24(30-16-8-5-9-17-30)23(29-31)19-10-6-4-7-11-19/h4,6-7,10-15,29,33H,5,8-9,16-17H2,1-3H3. The van der Waals surface area contributed by atoms with Crippen LogP contribution in [0.5, 0.6) is 5.75 Å². The number of aromatic amines is 1. The van der Waals surface area contributed by atoms with Gasteiger partial charge in [-0.2, -0.15) is 4.52 Å². The molecule has 2 aromatic carbocycles. The lowest BCUT2D eigenvalue weighted by Gasteiger charge is -2.29. The molecule has 4 aromatic rings. The lowest BCUT2D eigenvalue weighted by atomic mass is 9.88. The molecular weight excluding hydrogens is 428 g/mol. The van der Waals surface area contributed by atoms with Crippen LogP contribution in [-0.2, 0) is 5.60 Å². The molecule has 1 aliphatic heterocycles. The summed E-state index contributed by atoms with van der Waals surface area (Å²) in [6.07, 6.45) is 3.43. The van der Waals surface area contributed by atoms with Crippen molar-refractivity contribution in [2.45, 2.75) is 38.7 Å². The van der Waals surface area contributed by atoms with Gasteiger partial charge in [-0.05, 0) is 50.8 Å². The van der Waals surface area contributed by atoms with Crippen LogP contribution in [0.4, 0.5) is 5.69 Å². The second kappa shape index (κ2) is 8.65. The van der Waals surface area contributed by atoms with Gasteiger partial charge in [0.25, 0.3) is 5.56 Å². The molecular formula is C27H30N4O3. The Morgan fingerprint density at radius 1 is 1.03 bits per heavy atom. The lowest BCUT2D eigenvalue weighted by molar-refractivity contribution is 0.0991. The quantitative estimate of drug-likeness (QED) is 0.467. The van der Waals surface area contributed by atoms with E-state index in [-0.39, 0.29) is 11.1 Å². The number of aryl methyl sites for hydroxylation is 1. The Hall–Kier alpha value is -3.58. The molecule has 0 radical (unpaired) electrons. The molecule has 0 saturated carbocycles. The van der Waals surface area contributed by atoms with Gasteiger partial charge in [0.2, 0.25) is 0 Å². The Morgan fingerprint density at radius 2 is 1.71 bits per heavy atom. The molecule has 2 aromatic heterocycles. The molecule has 0 amide bonds. The Balaban J connectivity index is 1.73. The Labute approximate surface area is 198 Å². The average molecular weight is 459 g/mol. The van der Waals surface area contributed by atoms with E-state index in [9.17, 15) is 9.90 Å². The third-order valence-corrected chi connectivity index (χ3v) is 6.81. The minimum absolute atomic E-state index is 0.251. The number of hydrogen-bond donors (Lipinski definition) is 2. The van der Waals surface area contributed by atoms with Crippen molar-refractivity contribution in [2.75, 3.05) is 25.1 Å². The monoisotopic (exact) mass is 458 g/mol. The van der Waals surface area contributed by atoms with Gasteiger partial charge >= 0.3 is 0 Å².